The molecule has 3 saturated heterocycles. The third-order valence-corrected chi connectivity index (χ3v) is 9.35. The molecule has 3 aliphatic heterocycles. The van der Waals surface area contributed by atoms with Crippen molar-refractivity contribution >= 4 is 12.2 Å². The maximum Gasteiger partial charge on any atom is 0.257 e. The van der Waals surface area contributed by atoms with Gasteiger partial charge in [-0.15, -0.1) is 0 Å². The molecule has 0 bridgehead atoms. The molecule has 2 aromatic rings. The van der Waals surface area contributed by atoms with E-state index in [0.29, 0.717) is 17.4 Å². The second kappa shape index (κ2) is 10.9. The molecule has 0 aliphatic carbocycles. The van der Waals surface area contributed by atoms with Gasteiger partial charge in [0.1, 0.15) is 12.6 Å². The average molecular weight is 518 g/mol. The Bertz CT molecular complexity index is 1110. The number of nitrogens with zero attached hydrogens (tertiary/aromatic N) is 5. The van der Waals surface area contributed by atoms with Crippen molar-refractivity contribution in [2.45, 2.75) is 52.4 Å². The molecule has 5 rings (SSSR count). The first-order valence-electron chi connectivity index (χ1n) is 14.2. The van der Waals surface area contributed by atoms with Crippen molar-refractivity contribution in [3.8, 4) is 0 Å². The molecule has 3 fully saturated rings. The van der Waals surface area contributed by atoms with Crippen molar-refractivity contribution in [1.82, 2.24) is 24.7 Å². The fraction of sp³-hybridized carbons (Fsp3) is 0.613. The van der Waals surface area contributed by atoms with Crippen LogP contribution in [0.1, 0.15) is 60.4 Å². The summed E-state index contributed by atoms with van der Waals surface area (Å²) in [4.78, 5) is 40.4. The molecule has 2 unspecified atom stereocenters. The number of hydrogen-bond donors (Lipinski definition) is 0. The van der Waals surface area contributed by atoms with E-state index >= 15 is 0 Å². The van der Waals surface area contributed by atoms with E-state index in [-0.39, 0.29) is 16.7 Å². The molecule has 3 aliphatic rings. The molecule has 0 saturated carbocycles. The third-order valence-electron chi connectivity index (χ3n) is 9.35. The van der Waals surface area contributed by atoms with Gasteiger partial charge in [-0.2, -0.15) is 0 Å². The maximum absolute atomic E-state index is 13.3. The van der Waals surface area contributed by atoms with Gasteiger partial charge in [0.2, 0.25) is 0 Å². The topological polar surface area (TPSA) is 69.6 Å². The number of hydrogen-bond acceptors (Lipinski definition) is 6. The molecule has 2 atom stereocenters. The van der Waals surface area contributed by atoms with Crippen LogP contribution in [0.3, 0.4) is 0 Å². The van der Waals surface area contributed by atoms with Crippen LogP contribution in [0, 0.1) is 31.1 Å². The number of carbonyl (C=O) groups excluding carboxylic acids is 2. The lowest BCUT2D eigenvalue weighted by atomic mass is 9.70. The molecule has 1 aromatic heterocycles. The summed E-state index contributed by atoms with van der Waals surface area (Å²) in [7, 11) is 0. The Balaban J connectivity index is 1.19. The van der Waals surface area contributed by atoms with E-state index in [1.54, 1.807) is 0 Å². The molecule has 0 N–H and O–H groups in total. The van der Waals surface area contributed by atoms with E-state index in [2.05, 4.69) is 50.1 Å². The summed E-state index contributed by atoms with van der Waals surface area (Å²) in [5.41, 5.74) is 3.57. The monoisotopic (exact) mass is 517 g/mol. The molecule has 7 nitrogen and oxygen atoms in total. The number of aldehydes is 1. The predicted molar refractivity (Wildman–Crippen MR) is 149 cm³/mol. The fourth-order valence-corrected chi connectivity index (χ4v) is 7.10. The van der Waals surface area contributed by atoms with Crippen LogP contribution in [0.5, 0.6) is 0 Å². The number of aromatic nitrogens is 2. The number of likely N-dealkylation sites (tertiary alicyclic amines) is 3. The molecule has 0 radical (unpaired) electrons. The van der Waals surface area contributed by atoms with Crippen molar-refractivity contribution in [2.24, 2.45) is 17.3 Å². The van der Waals surface area contributed by atoms with E-state index < -0.39 is 0 Å². The van der Waals surface area contributed by atoms with E-state index in [1.807, 2.05) is 32.6 Å². The summed E-state index contributed by atoms with van der Waals surface area (Å²) in [5, 5.41) is 0. The standard InChI is InChI=1S/C31H43N5O2/c1-23-28(24(2)33-22-32-23)29(38)36-18-25-16-35(17-26(25)19-36)15-12-31(27-8-6-5-7-9-27)10-13-34(14-11-31)20-30(3,4)21-37/h5-9,21-22,25-26H,10-20H2,1-4H3. The van der Waals surface area contributed by atoms with Crippen LogP contribution >= 0.6 is 0 Å². The zero-order valence-electron chi connectivity index (χ0n) is 23.5. The van der Waals surface area contributed by atoms with E-state index in [0.717, 1.165) is 89.3 Å². The second-order valence-corrected chi connectivity index (χ2v) is 12.7. The van der Waals surface area contributed by atoms with Crippen LogP contribution in [0.4, 0.5) is 0 Å². The van der Waals surface area contributed by atoms with Gasteiger partial charge in [0.15, 0.2) is 0 Å². The molecule has 38 heavy (non-hydrogen) atoms. The number of amides is 1. The van der Waals surface area contributed by atoms with Gasteiger partial charge in [0.25, 0.3) is 5.91 Å². The molecular weight excluding hydrogens is 474 g/mol. The number of fused-ring (bicyclic) bond motifs is 1. The van der Waals surface area contributed by atoms with Crippen LogP contribution in [0.15, 0.2) is 36.7 Å². The lowest BCUT2D eigenvalue weighted by Gasteiger charge is -2.44. The van der Waals surface area contributed by atoms with Crippen LogP contribution in [0.25, 0.3) is 0 Å². The van der Waals surface area contributed by atoms with Gasteiger partial charge < -0.3 is 19.5 Å². The normalized spacial score (nSPS) is 23.9. The Morgan fingerprint density at radius 1 is 0.974 bits per heavy atom. The number of piperidine rings is 1. The van der Waals surface area contributed by atoms with Crippen molar-refractivity contribution in [3.05, 3.63) is 59.2 Å². The van der Waals surface area contributed by atoms with Gasteiger partial charge in [0, 0.05) is 38.1 Å². The van der Waals surface area contributed by atoms with Crippen molar-refractivity contribution < 1.29 is 9.59 Å². The highest BCUT2D eigenvalue weighted by Crippen LogP contribution is 2.40. The maximum atomic E-state index is 13.3. The number of aryl methyl sites for hydroxylation is 2. The number of carbonyl (C=O) groups is 2. The summed E-state index contributed by atoms with van der Waals surface area (Å²) in [6, 6.07) is 11.1. The Morgan fingerprint density at radius 3 is 2.16 bits per heavy atom. The van der Waals surface area contributed by atoms with Crippen LogP contribution in [0.2, 0.25) is 0 Å². The summed E-state index contributed by atoms with van der Waals surface area (Å²) in [6.45, 7) is 15.7. The smallest absolute Gasteiger partial charge is 0.257 e. The molecule has 0 spiro atoms. The summed E-state index contributed by atoms with van der Waals surface area (Å²) in [6.07, 6.45) is 6.06. The Hall–Kier alpha value is -2.64. The third kappa shape index (κ3) is 5.55. The Labute approximate surface area is 227 Å². The lowest BCUT2D eigenvalue weighted by molar-refractivity contribution is -0.115. The van der Waals surface area contributed by atoms with Crippen LogP contribution in [-0.4, -0.2) is 89.2 Å². The van der Waals surface area contributed by atoms with Gasteiger partial charge in [-0.25, -0.2) is 9.97 Å². The Kier molecular flexibility index (Phi) is 7.70. The molecular formula is C31H43N5O2. The van der Waals surface area contributed by atoms with Crippen molar-refractivity contribution in [3.63, 3.8) is 0 Å². The highest BCUT2D eigenvalue weighted by molar-refractivity contribution is 5.96. The summed E-state index contributed by atoms with van der Waals surface area (Å²) in [5.74, 6) is 1.18. The molecule has 4 heterocycles. The van der Waals surface area contributed by atoms with Gasteiger partial charge in [-0.3, -0.25) is 4.79 Å². The van der Waals surface area contributed by atoms with E-state index in [4.69, 9.17) is 0 Å². The van der Waals surface area contributed by atoms with E-state index in [9.17, 15) is 9.59 Å². The second-order valence-electron chi connectivity index (χ2n) is 12.7. The minimum absolute atomic E-state index is 0.0918. The van der Waals surface area contributed by atoms with Crippen molar-refractivity contribution in [1.29, 1.82) is 0 Å². The van der Waals surface area contributed by atoms with Gasteiger partial charge >= 0.3 is 0 Å². The van der Waals surface area contributed by atoms with Crippen molar-refractivity contribution in [2.75, 3.05) is 52.4 Å². The first kappa shape index (κ1) is 26.9. The Morgan fingerprint density at radius 2 is 1.58 bits per heavy atom. The zero-order valence-corrected chi connectivity index (χ0v) is 23.5. The average Bonchev–Trinajstić information content (AvgIpc) is 3.48. The molecule has 204 valence electrons. The molecule has 1 amide bonds. The minimum Gasteiger partial charge on any atom is -0.338 e. The highest BCUT2D eigenvalue weighted by atomic mass is 16.2. The quantitative estimate of drug-likeness (QED) is 0.497. The lowest BCUT2D eigenvalue weighted by Crippen LogP contribution is -2.47. The SMILES string of the molecule is Cc1ncnc(C)c1C(=O)N1CC2CN(CCC3(c4ccccc4)CCN(CC(C)(C)C=O)CC3)CC2C1. The highest BCUT2D eigenvalue weighted by Gasteiger charge is 2.43. The number of rotatable bonds is 8. The molecule has 1 aromatic carbocycles. The summed E-state index contributed by atoms with van der Waals surface area (Å²) >= 11 is 0. The van der Waals surface area contributed by atoms with Gasteiger partial charge in [0.05, 0.1) is 17.0 Å². The van der Waals surface area contributed by atoms with Crippen LogP contribution < -0.4 is 0 Å². The predicted octanol–water partition coefficient (Wildman–Crippen LogP) is 3.75. The van der Waals surface area contributed by atoms with Gasteiger partial charge in [-0.05, 0) is 75.6 Å². The number of benzene rings is 1. The fourth-order valence-electron chi connectivity index (χ4n) is 7.10. The van der Waals surface area contributed by atoms with Gasteiger partial charge in [-0.1, -0.05) is 44.2 Å². The molecule has 7 heteroatoms. The first-order valence-corrected chi connectivity index (χ1v) is 14.2. The first-order chi connectivity index (χ1) is 18.2. The minimum atomic E-state index is -0.291. The summed E-state index contributed by atoms with van der Waals surface area (Å²) < 4.78 is 0. The largest absolute Gasteiger partial charge is 0.338 e. The van der Waals surface area contributed by atoms with E-state index in [1.165, 1.54) is 11.9 Å². The zero-order chi connectivity index (χ0) is 26.9. The van der Waals surface area contributed by atoms with Crippen LogP contribution in [-0.2, 0) is 10.2 Å².